The average molecular weight is 474 g/mol. The second-order valence-corrected chi connectivity index (χ2v) is 9.20. The highest BCUT2D eigenvalue weighted by molar-refractivity contribution is 6.08. The van der Waals surface area contributed by atoms with Crippen LogP contribution in [-0.2, 0) is 19.6 Å². The zero-order valence-electron chi connectivity index (χ0n) is 21.2. The van der Waals surface area contributed by atoms with E-state index in [4.69, 9.17) is 14.2 Å². The molecule has 1 fully saturated rings. The molecule has 6 nitrogen and oxygen atoms in total. The highest BCUT2D eigenvalue weighted by atomic mass is 16.5. The van der Waals surface area contributed by atoms with Gasteiger partial charge in [-0.05, 0) is 48.4 Å². The average Bonchev–Trinajstić information content (AvgIpc) is 3.22. The number of methoxy groups -OCH3 is 3. The lowest BCUT2D eigenvalue weighted by atomic mass is 10.1. The Hall–Kier alpha value is -3.22. The monoisotopic (exact) mass is 473 g/mol. The molecule has 0 radical (unpaired) electrons. The number of aryl methyl sites for hydroxylation is 1. The van der Waals surface area contributed by atoms with E-state index >= 15 is 0 Å². The Kier molecular flexibility index (Phi) is 6.84. The molecule has 0 saturated carbocycles. The van der Waals surface area contributed by atoms with E-state index in [0.717, 1.165) is 45.8 Å². The van der Waals surface area contributed by atoms with Gasteiger partial charge in [-0.3, -0.25) is 9.80 Å². The number of nitrogens with zero attached hydrogens (tertiary/aromatic N) is 3. The normalized spacial score (nSPS) is 15.1. The van der Waals surface area contributed by atoms with Gasteiger partial charge in [0.1, 0.15) is 0 Å². The summed E-state index contributed by atoms with van der Waals surface area (Å²) in [5.41, 5.74) is 5.20. The van der Waals surface area contributed by atoms with Crippen molar-refractivity contribution < 1.29 is 14.2 Å². The van der Waals surface area contributed by atoms with Crippen LogP contribution in [0.15, 0.2) is 54.6 Å². The molecule has 1 aliphatic rings. The van der Waals surface area contributed by atoms with Crippen molar-refractivity contribution in [3.05, 3.63) is 65.7 Å². The van der Waals surface area contributed by atoms with E-state index in [9.17, 15) is 0 Å². The smallest absolute Gasteiger partial charge is 0.203 e. The van der Waals surface area contributed by atoms with Crippen LogP contribution in [0.3, 0.4) is 0 Å². The van der Waals surface area contributed by atoms with Gasteiger partial charge in [0.2, 0.25) is 5.75 Å². The molecule has 0 atom stereocenters. The lowest BCUT2D eigenvalue weighted by molar-refractivity contribution is 0.122. The van der Waals surface area contributed by atoms with E-state index in [1.54, 1.807) is 21.3 Å². The van der Waals surface area contributed by atoms with E-state index in [-0.39, 0.29) is 0 Å². The molecule has 5 rings (SSSR count). The molecule has 1 aliphatic heterocycles. The molecule has 0 N–H and O–H groups in total. The second kappa shape index (κ2) is 10.2. The molecule has 3 aromatic carbocycles. The molecule has 1 aromatic heterocycles. The van der Waals surface area contributed by atoms with Crippen molar-refractivity contribution in [3.63, 3.8) is 0 Å². The fraction of sp³-hybridized carbons (Fsp3) is 0.379. The quantitative estimate of drug-likeness (QED) is 0.354. The number of para-hydroxylation sites is 1. The van der Waals surface area contributed by atoms with Crippen molar-refractivity contribution in [1.29, 1.82) is 0 Å². The summed E-state index contributed by atoms with van der Waals surface area (Å²) < 4.78 is 18.9. The Labute approximate surface area is 207 Å². The Bertz CT molecular complexity index is 1300. The highest BCUT2D eigenvalue weighted by Gasteiger charge is 2.20. The molecule has 0 unspecified atom stereocenters. The number of rotatable bonds is 8. The fourth-order valence-corrected chi connectivity index (χ4v) is 5.39. The van der Waals surface area contributed by atoms with Crippen LogP contribution in [0.4, 0.5) is 0 Å². The van der Waals surface area contributed by atoms with Gasteiger partial charge >= 0.3 is 0 Å². The molecule has 35 heavy (non-hydrogen) atoms. The first-order valence-electron chi connectivity index (χ1n) is 12.4. The predicted molar refractivity (Wildman–Crippen MR) is 142 cm³/mol. The SMILES string of the molecule is CCn1c2ccccc2c2cc(CN3CCN(Cc4cc(OC)c(OC)c(OC)c4)CC3)ccc21. The van der Waals surface area contributed by atoms with Crippen molar-refractivity contribution >= 4 is 21.8 Å². The maximum absolute atomic E-state index is 5.52. The zero-order valence-corrected chi connectivity index (χ0v) is 21.2. The van der Waals surface area contributed by atoms with Gasteiger partial charge in [0.25, 0.3) is 0 Å². The minimum Gasteiger partial charge on any atom is -0.493 e. The molecule has 184 valence electrons. The molecular weight excluding hydrogens is 438 g/mol. The lowest BCUT2D eigenvalue weighted by Gasteiger charge is -2.35. The molecule has 6 heteroatoms. The van der Waals surface area contributed by atoms with Crippen LogP contribution in [0.5, 0.6) is 17.2 Å². The van der Waals surface area contributed by atoms with Crippen molar-refractivity contribution in [2.45, 2.75) is 26.6 Å². The van der Waals surface area contributed by atoms with Gasteiger partial charge in [0.05, 0.1) is 21.3 Å². The maximum Gasteiger partial charge on any atom is 0.203 e. The topological polar surface area (TPSA) is 39.1 Å². The second-order valence-electron chi connectivity index (χ2n) is 9.20. The number of hydrogen-bond donors (Lipinski definition) is 0. The minimum atomic E-state index is 0.641. The van der Waals surface area contributed by atoms with Crippen LogP contribution in [0.25, 0.3) is 21.8 Å². The summed E-state index contributed by atoms with van der Waals surface area (Å²) in [6.45, 7) is 9.24. The maximum atomic E-state index is 5.52. The van der Waals surface area contributed by atoms with Gasteiger partial charge in [0.15, 0.2) is 11.5 Å². The van der Waals surface area contributed by atoms with Crippen molar-refractivity contribution in [2.24, 2.45) is 0 Å². The molecule has 1 saturated heterocycles. The number of hydrogen-bond acceptors (Lipinski definition) is 5. The molecule has 0 aliphatic carbocycles. The summed E-state index contributed by atoms with van der Waals surface area (Å²) in [7, 11) is 4.97. The summed E-state index contributed by atoms with van der Waals surface area (Å²) in [5.74, 6) is 2.06. The Balaban J connectivity index is 1.26. The molecule has 4 aromatic rings. The van der Waals surface area contributed by atoms with Gasteiger partial charge in [-0.25, -0.2) is 0 Å². The molecule has 0 bridgehead atoms. The van der Waals surface area contributed by atoms with Crippen LogP contribution in [0, 0.1) is 0 Å². The van der Waals surface area contributed by atoms with Crippen LogP contribution < -0.4 is 14.2 Å². The third kappa shape index (κ3) is 4.56. The van der Waals surface area contributed by atoms with Gasteiger partial charge in [-0.2, -0.15) is 0 Å². The third-order valence-corrected chi connectivity index (χ3v) is 7.15. The Morgan fingerprint density at radius 3 is 1.86 bits per heavy atom. The van der Waals surface area contributed by atoms with Crippen LogP contribution in [-0.4, -0.2) is 61.9 Å². The van der Waals surface area contributed by atoms with E-state index in [2.05, 4.69) is 75.9 Å². The Morgan fingerprint density at radius 2 is 1.26 bits per heavy atom. The van der Waals surface area contributed by atoms with Gasteiger partial charge in [0, 0.05) is 67.6 Å². The number of benzene rings is 3. The first kappa shape index (κ1) is 23.5. The van der Waals surface area contributed by atoms with E-state index in [1.807, 2.05) is 0 Å². The summed E-state index contributed by atoms with van der Waals surface area (Å²) in [5, 5.41) is 2.71. The van der Waals surface area contributed by atoms with Crippen LogP contribution in [0.1, 0.15) is 18.1 Å². The zero-order chi connectivity index (χ0) is 24.4. The largest absolute Gasteiger partial charge is 0.493 e. The standard InChI is InChI=1S/C29H35N3O3/c1-5-32-25-9-7-6-8-23(25)24-16-21(10-11-26(24)32)19-30-12-14-31(15-13-30)20-22-17-27(33-2)29(35-4)28(18-22)34-3/h6-11,16-18H,5,12-15,19-20H2,1-4H3. The number of aromatic nitrogens is 1. The van der Waals surface area contributed by atoms with Crippen molar-refractivity contribution in [1.82, 2.24) is 14.4 Å². The molecule has 0 amide bonds. The predicted octanol–water partition coefficient (Wildman–Crippen LogP) is 5.16. The van der Waals surface area contributed by atoms with E-state index in [1.165, 1.54) is 32.9 Å². The Morgan fingerprint density at radius 1 is 0.657 bits per heavy atom. The molecule has 0 spiro atoms. The first-order valence-corrected chi connectivity index (χ1v) is 12.4. The number of ether oxygens (including phenoxy) is 3. The summed E-state index contributed by atoms with van der Waals surface area (Å²) >= 11 is 0. The van der Waals surface area contributed by atoms with Gasteiger partial charge in [-0.1, -0.05) is 24.3 Å². The van der Waals surface area contributed by atoms with E-state index in [0.29, 0.717) is 17.2 Å². The first-order chi connectivity index (χ1) is 17.1. The van der Waals surface area contributed by atoms with Crippen molar-refractivity contribution in [2.75, 3.05) is 47.5 Å². The van der Waals surface area contributed by atoms with E-state index < -0.39 is 0 Å². The molecule has 2 heterocycles. The fourth-order valence-electron chi connectivity index (χ4n) is 5.39. The minimum absolute atomic E-state index is 0.641. The summed E-state index contributed by atoms with van der Waals surface area (Å²) in [6, 6.07) is 19.8. The number of fused-ring (bicyclic) bond motifs is 3. The van der Waals surface area contributed by atoms with Crippen molar-refractivity contribution in [3.8, 4) is 17.2 Å². The highest BCUT2D eigenvalue weighted by Crippen LogP contribution is 2.38. The van der Waals surface area contributed by atoms with Gasteiger partial charge in [-0.15, -0.1) is 0 Å². The van der Waals surface area contributed by atoms with Gasteiger partial charge < -0.3 is 18.8 Å². The van der Waals surface area contributed by atoms with Crippen LogP contribution in [0.2, 0.25) is 0 Å². The van der Waals surface area contributed by atoms with Crippen LogP contribution >= 0.6 is 0 Å². The lowest BCUT2D eigenvalue weighted by Crippen LogP contribution is -2.45. The number of piperazine rings is 1. The summed E-state index contributed by atoms with van der Waals surface area (Å²) in [4.78, 5) is 5.06. The molecular formula is C29H35N3O3. The summed E-state index contributed by atoms with van der Waals surface area (Å²) in [6.07, 6.45) is 0. The third-order valence-electron chi connectivity index (χ3n) is 7.15.